The van der Waals surface area contributed by atoms with Crippen LogP contribution in [0.2, 0.25) is 0 Å². The fourth-order valence-corrected chi connectivity index (χ4v) is 2.31. The van der Waals surface area contributed by atoms with Gasteiger partial charge in [-0.1, -0.05) is 30.3 Å². The number of aliphatic hydroxyl groups is 1. The zero-order chi connectivity index (χ0) is 14.5. The SMILES string of the molecule is CC(CO)NC(=O)C1CC(=O)N(Cc2ccccc2)C1. The lowest BCUT2D eigenvalue weighted by Gasteiger charge is -2.17. The fraction of sp³-hybridized carbons (Fsp3) is 0.467. The van der Waals surface area contributed by atoms with E-state index >= 15 is 0 Å². The highest BCUT2D eigenvalue weighted by molar-refractivity contribution is 5.89. The molecule has 0 aliphatic carbocycles. The van der Waals surface area contributed by atoms with Crippen molar-refractivity contribution >= 4 is 11.8 Å². The molecule has 0 radical (unpaired) electrons. The molecule has 1 fully saturated rings. The summed E-state index contributed by atoms with van der Waals surface area (Å²) in [6.07, 6.45) is 0.247. The van der Waals surface area contributed by atoms with Crippen molar-refractivity contribution in [3.63, 3.8) is 0 Å². The Bertz CT molecular complexity index is 475. The van der Waals surface area contributed by atoms with Crippen LogP contribution in [0.25, 0.3) is 0 Å². The Morgan fingerprint density at radius 2 is 2.15 bits per heavy atom. The topological polar surface area (TPSA) is 69.6 Å². The van der Waals surface area contributed by atoms with Gasteiger partial charge >= 0.3 is 0 Å². The molecule has 2 N–H and O–H groups in total. The first-order valence-electron chi connectivity index (χ1n) is 6.83. The summed E-state index contributed by atoms with van der Waals surface area (Å²) in [5.74, 6) is -0.471. The van der Waals surface area contributed by atoms with Crippen LogP contribution in [0.5, 0.6) is 0 Å². The van der Waals surface area contributed by atoms with Gasteiger partial charge in [0.25, 0.3) is 0 Å². The van der Waals surface area contributed by atoms with E-state index < -0.39 is 0 Å². The zero-order valence-electron chi connectivity index (χ0n) is 11.6. The summed E-state index contributed by atoms with van der Waals surface area (Å²) in [6.45, 7) is 2.62. The molecular formula is C15H20N2O3. The minimum atomic E-state index is -0.319. The number of hydrogen-bond acceptors (Lipinski definition) is 3. The Morgan fingerprint density at radius 3 is 2.80 bits per heavy atom. The smallest absolute Gasteiger partial charge is 0.225 e. The van der Waals surface area contributed by atoms with E-state index in [0.717, 1.165) is 5.56 Å². The third kappa shape index (κ3) is 3.57. The molecule has 1 aliphatic rings. The fourth-order valence-electron chi connectivity index (χ4n) is 2.31. The van der Waals surface area contributed by atoms with Gasteiger partial charge in [-0.05, 0) is 12.5 Å². The Morgan fingerprint density at radius 1 is 1.45 bits per heavy atom. The summed E-state index contributed by atoms with van der Waals surface area (Å²) >= 11 is 0. The van der Waals surface area contributed by atoms with Gasteiger partial charge in [0.15, 0.2) is 0 Å². The molecule has 0 spiro atoms. The van der Waals surface area contributed by atoms with Crippen LogP contribution < -0.4 is 5.32 Å². The maximum Gasteiger partial charge on any atom is 0.225 e. The Hall–Kier alpha value is -1.88. The van der Waals surface area contributed by atoms with Gasteiger partial charge in [-0.25, -0.2) is 0 Å². The highest BCUT2D eigenvalue weighted by Gasteiger charge is 2.34. The third-order valence-corrected chi connectivity index (χ3v) is 3.46. The molecule has 1 aromatic rings. The second kappa shape index (κ2) is 6.52. The van der Waals surface area contributed by atoms with E-state index in [1.54, 1.807) is 11.8 Å². The van der Waals surface area contributed by atoms with E-state index in [1.807, 2.05) is 30.3 Å². The summed E-state index contributed by atoms with van der Waals surface area (Å²) < 4.78 is 0. The summed E-state index contributed by atoms with van der Waals surface area (Å²) in [5.41, 5.74) is 1.06. The maximum absolute atomic E-state index is 12.0. The molecule has 5 heteroatoms. The van der Waals surface area contributed by atoms with E-state index in [9.17, 15) is 9.59 Å². The van der Waals surface area contributed by atoms with Crippen molar-refractivity contribution in [2.45, 2.75) is 25.9 Å². The van der Waals surface area contributed by atoms with E-state index in [4.69, 9.17) is 5.11 Å². The van der Waals surface area contributed by atoms with Gasteiger partial charge in [0.1, 0.15) is 0 Å². The monoisotopic (exact) mass is 276 g/mol. The van der Waals surface area contributed by atoms with Crippen LogP contribution >= 0.6 is 0 Å². The molecule has 2 unspecified atom stereocenters. The molecule has 1 aromatic carbocycles. The molecule has 2 atom stereocenters. The maximum atomic E-state index is 12.0. The zero-order valence-corrected chi connectivity index (χ0v) is 11.6. The Kier molecular flexibility index (Phi) is 4.74. The first-order valence-corrected chi connectivity index (χ1v) is 6.83. The molecule has 20 heavy (non-hydrogen) atoms. The molecule has 1 saturated heterocycles. The molecule has 2 amide bonds. The highest BCUT2D eigenvalue weighted by Crippen LogP contribution is 2.20. The van der Waals surface area contributed by atoms with Crippen LogP contribution in [0.1, 0.15) is 18.9 Å². The van der Waals surface area contributed by atoms with Gasteiger partial charge in [-0.3, -0.25) is 9.59 Å². The predicted molar refractivity (Wildman–Crippen MR) is 74.7 cm³/mol. The molecule has 0 aromatic heterocycles. The van der Waals surface area contributed by atoms with Crippen molar-refractivity contribution in [3.8, 4) is 0 Å². The molecule has 0 bridgehead atoms. The predicted octanol–water partition coefficient (Wildman–Crippen LogP) is 0.532. The average molecular weight is 276 g/mol. The van der Waals surface area contributed by atoms with Gasteiger partial charge in [0.2, 0.25) is 11.8 Å². The summed E-state index contributed by atoms with van der Waals surface area (Å²) in [6, 6.07) is 9.46. The number of carbonyl (C=O) groups excluding carboxylic acids is 2. The molecule has 2 rings (SSSR count). The van der Waals surface area contributed by atoms with Gasteiger partial charge < -0.3 is 15.3 Å². The minimum absolute atomic E-state index is 0.00524. The summed E-state index contributed by atoms with van der Waals surface area (Å²) in [5, 5.41) is 11.6. The second-order valence-electron chi connectivity index (χ2n) is 5.25. The number of nitrogens with one attached hydrogen (secondary N) is 1. The first-order chi connectivity index (χ1) is 9.60. The molecule has 5 nitrogen and oxygen atoms in total. The molecule has 0 saturated carbocycles. The van der Waals surface area contributed by atoms with Gasteiger partial charge in [-0.15, -0.1) is 0 Å². The van der Waals surface area contributed by atoms with Crippen molar-refractivity contribution in [1.29, 1.82) is 0 Å². The van der Waals surface area contributed by atoms with Crippen LogP contribution in [0.4, 0.5) is 0 Å². The average Bonchev–Trinajstić information content (AvgIpc) is 2.81. The quantitative estimate of drug-likeness (QED) is 0.824. The van der Waals surface area contributed by atoms with E-state index in [2.05, 4.69) is 5.32 Å². The van der Waals surface area contributed by atoms with Gasteiger partial charge in [0.05, 0.1) is 12.5 Å². The highest BCUT2D eigenvalue weighted by atomic mass is 16.3. The molecular weight excluding hydrogens is 256 g/mol. The van der Waals surface area contributed by atoms with E-state index in [0.29, 0.717) is 13.1 Å². The number of nitrogens with zero attached hydrogens (tertiary/aromatic N) is 1. The largest absolute Gasteiger partial charge is 0.394 e. The normalized spacial score (nSPS) is 20.0. The first kappa shape index (κ1) is 14.5. The number of likely N-dealkylation sites (tertiary alicyclic amines) is 1. The van der Waals surface area contributed by atoms with Crippen molar-refractivity contribution in [1.82, 2.24) is 10.2 Å². The van der Waals surface area contributed by atoms with Crippen molar-refractivity contribution in [2.24, 2.45) is 5.92 Å². The van der Waals surface area contributed by atoms with Crippen LogP contribution in [0.15, 0.2) is 30.3 Å². The summed E-state index contributed by atoms with van der Waals surface area (Å²) in [7, 11) is 0. The van der Waals surface area contributed by atoms with E-state index in [1.165, 1.54) is 0 Å². The van der Waals surface area contributed by atoms with Crippen LogP contribution in [-0.4, -0.2) is 41.0 Å². The lowest BCUT2D eigenvalue weighted by molar-refractivity contribution is -0.129. The van der Waals surface area contributed by atoms with Crippen LogP contribution in [0, 0.1) is 5.92 Å². The third-order valence-electron chi connectivity index (χ3n) is 3.46. The molecule has 1 aliphatic heterocycles. The summed E-state index contributed by atoms with van der Waals surface area (Å²) in [4.78, 5) is 25.6. The van der Waals surface area contributed by atoms with Crippen LogP contribution in [0.3, 0.4) is 0 Å². The van der Waals surface area contributed by atoms with Crippen molar-refractivity contribution in [3.05, 3.63) is 35.9 Å². The lowest BCUT2D eigenvalue weighted by Crippen LogP contribution is -2.40. The number of hydrogen-bond donors (Lipinski definition) is 2. The number of benzene rings is 1. The van der Waals surface area contributed by atoms with Crippen LogP contribution in [-0.2, 0) is 16.1 Å². The minimum Gasteiger partial charge on any atom is -0.394 e. The van der Waals surface area contributed by atoms with Crippen molar-refractivity contribution < 1.29 is 14.7 Å². The molecule has 1 heterocycles. The van der Waals surface area contributed by atoms with E-state index in [-0.39, 0.29) is 36.8 Å². The second-order valence-corrected chi connectivity index (χ2v) is 5.25. The number of carbonyl (C=O) groups is 2. The number of aliphatic hydroxyl groups excluding tert-OH is 1. The lowest BCUT2D eigenvalue weighted by atomic mass is 10.1. The molecule has 108 valence electrons. The Labute approximate surface area is 118 Å². The number of rotatable bonds is 5. The number of amides is 2. The van der Waals surface area contributed by atoms with Gasteiger partial charge in [0, 0.05) is 25.6 Å². The van der Waals surface area contributed by atoms with Gasteiger partial charge in [-0.2, -0.15) is 0 Å². The Balaban J connectivity index is 1.92. The standard InChI is InChI=1S/C15H20N2O3/c1-11(10-18)16-15(20)13-7-14(19)17(9-13)8-12-5-3-2-4-6-12/h2-6,11,13,18H,7-10H2,1H3,(H,16,20). The van der Waals surface area contributed by atoms with Crippen molar-refractivity contribution in [2.75, 3.05) is 13.2 Å².